The first kappa shape index (κ1) is 14.3. The Labute approximate surface area is 119 Å². The first-order chi connectivity index (χ1) is 9.28. The van der Waals surface area contributed by atoms with Crippen LogP contribution in [-0.4, -0.2) is 24.1 Å². The van der Waals surface area contributed by atoms with Gasteiger partial charge in [-0.2, -0.15) is 5.26 Å². The van der Waals surface area contributed by atoms with E-state index in [9.17, 15) is 0 Å². The van der Waals surface area contributed by atoms with Gasteiger partial charge in [-0.15, -0.1) is 11.3 Å². The van der Waals surface area contributed by atoms with Crippen LogP contribution in [0.3, 0.4) is 0 Å². The Morgan fingerprint density at radius 2 is 2.26 bits per heavy atom. The van der Waals surface area contributed by atoms with E-state index >= 15 is 0 Å². The third-order valence-corrected chi connectivity index (χ3v) is 4.85. The van der Waals surface area contributed by atoms with Crippen LogP contribution >= 0.6 is 11.3 Å². The molecule has 0 aliphatic heterocycles. The number of nitriles is 1. The number of nitrogens with one attached hydrogen (secondary N) is 1. The van der Waals surface area contributed by atoms with Crippen molar-refractivity contribution in [3.63, 3.8) is 0 Å². The highest BCUT2D eigenvalue weighted by atomic mass is 32.1. The quantitative estimate of drug-likeness (QED) is 0.869. The molecule has 1 aliphatic carbocycles. The van der Waals surface area contributed by atoms with Crippen LogP contribution in [0.25, 0.3) is 0 Å². The van der Waals surface area contributed by atoms with Crippen molar-refractivity contribution in [1.29, 1.82) is 5.26 Å². The van der Waals surface area contributed by atoms with Gasteiger partial charge in [0.15, 0.2) is 5.13 Å². The van der Waals surface area contributed by atoms with Crippen LogP contribution in [0.1, 0.15) is 38.0 Å². The minimum absolute atomic E-state index is 0.190. The molecule has 104 valence electrons. The Morgan fingerprint density at radius 1 is 1.47 bits per heavy atom. The van der Waals surface area contributed by atoms with Crippen LogP contribution < -0.4 is 10.2 Å². The Bertz CT molecular complexity index is 433. The average molecular weight is 278 g/mol. The molecule has 1 aromatic rings. The maximum Gasteiger partial charge on any atom is 0.185 e. The summed E-state index contributed by atoms with van der Waals surface area (Å²) in [5.41, 5.74) is 0. The zero-order valence-electron chi connectivity index (χ0n) is 11.7. The fraction of sp³-hybridized carbons (Fsp3) is 0.714. The van der Waals surface area contributed by atoms with Crippen molar-refractivity contribution in [3.8, 4) is 6.07 Å². The lowest BCUT2D eigenvalue weighted by atomic mass is 10.1. The second kappa shape index (κ2) is 6.88. The van der Waals surface area contributed by atoms with Gasteiger partial charge in [-0.1, -0.05) is 6.42 Å². The molecule has 2 atom stereocenters. The summed E-state index contributed by atoms with van der Waals surface area (Å²) < 4.78 is 0. The molecular weight excluding hydrogens is 256 g/mol. The zero-order valence-corrected chi connectivity index (χ0v) is 12.5. The molecule has 0 spiro atoms. The number of thiazole rings is 1. The summed E-state index contributed by atoms with van der Waals surface area (Å²) in [6.45, 7) is 7.13. The zero-order chi connectivity index (χ0) is 13.7. The summed E-state index contributed by atoms with van der Waals surface area (Å²) in [6, 6.07) is 2.77. The molecule has 5 heteroatoms. The van der Waals surface area contributed by atoms with Crippen molar-refractivity contribution in [2.24, 2.45) is 5.92 Å². The molecule has 4 nitrogen and oxygen atoms in total. The Morgan fingerprint density at radius 3 is 2.95 bits per heavy atom. The number of aromatic nitrogens is 1. The van der Waals surface area contributed by atoms with E-state index in [1.54, 1.807) is 11.3 Å². The summed E-state index contributed by atoms with van der Waals surface area (Å²) in [5.74, 6) is 0.190. The van der Waals surface area contributed by atoms with Crippen LogP contribution in [0.15, 0.2) is 6.20 Å². The molecule has 2 rings (SSSR count). The fourth-order valence-electron chi connectivity index (χ4n) is 2.61. The van der Waals surface area contributed by atoms with Gasteiger partial charge in [0, 0.05) is 36.8 Å². The SMILES string of the molecule is CCN(CC)c1ncc(CNC2CCCC2C#N)s1. The lowest BCUT2D eigenvalue weighted by Gasteiger charge is -2.16. The smallest absolute Gasteiger partial charge is 0.185 e. The van der Waals surface area contributed by atoms with Gasteiger partial charge in [0.1, 0.15) is 0 Å². The lowest BCUT2D eigenvalue weighted by molar-refractivity contribution is 0.466. The maximum atomic E-state index is 9.07. The third kappa shape index (κ3) is 3.46. The highest BCUT2D eigenvalue weighted by Gasteiger charge is 2.26. The second-order valence-corrected chi connectivity index (χ2v) is 6.03. The molecule has 1 aromatic heterocycles. The highest BCUT2D eigenvalue weighted by molar-refractivity contribution is 7.15. The van der Waals surface area contributed by atoms with E-state index in [2.05, 4.69) is 35.1 Å². The monoisotopic (exact) mass is 278 g/mol. The third-order valence-electron chi connectivity index (χ3n) is 3.80. The van der Waals surface area contributed by atoms with Gasteiger partial charge in [-0.05, 0) is 26.7 Å². The van der Waals surface area contributed by atoms with Crippen LogP contribution in [0.4, 0.5) is 5.13 Å². The molecule has 0 aromatic carbocycles. The maximum absolute atomic E-state index is 9.07. The predicted molar refractivity (Wildman–Crippen MR) is 79.3 cm³/mol. The summed E-state index contributed by atoms with van der Waals surface area (Å²) in [4.78, 5) is 8.00. The molecule has 1 aliphatic rings. The first-order valence-corrected chi connectivity index (χ1v) is 7.92. The minimum atomic E-state index is 0.190. The first-order valence-electron chi connectivity index (χ1n) is 7.11. The van der Waals surface area contributed by atoms with Gasteiger partial charge in [0.25, 0.3) is 0 Å². The fourth-order valence-corrected chi connectivity index (χ4v) is 3.60. The standard InChI is InChI=1S/C14H22N4S/c1-3-18(4-2)14-17-10-12(19-14)9-16-13-7-5-6-11(13)8-15/h10-11,13,16H,3-7,9H2,1-2H3. The van der Waals surface area contributed by atoms with Crippen LogP contribution in [0.2, 0.25) is 0 Å². The van der Waals surface area contributed by atoms with Crippen molar-refractivity contribution in [2.45, 2.75) is 45.7 Å². The molecule has 0 saturated heterocycles. The van der Waals surface area contributed by atoms with Crippen molar-refractivity contribution < 1.29 is 0 Å². The number of rotatable bonds is 6. The molecule has 0 radical (unpaired) electrons. The summed E-state index contributed by atoms with van der Waals surface area (Å²) >= 11 is 1.75. The van der Waals surface area contributed by atoms with Crippen molar-refractivity contribution in [2.75, 3.05) is 18.0 Å². The van der Waals surface area contributed by atoms with Crippen molar-refractivity contribution in [1.82, 2.24) is 10.3 Å². The van der Waals surface area contributed by atoms with Gasteiger partial charge in [-0.25, -0.2) is 4.98 Å². The van der Waals surface area contributed by atoms with Crippen LogP contribution in [-0.2, 0) is 6.54 Å². The Kier molecular flexibility index (Phi) is 5.17. The molecule has 2 unspecified atom stereocenters. The highest BCUT2D eigenvalue weighted by Crippen LogP contribution is 2.26. The number of nitrogens with zero attached hydrogens (tertiary/aromatic N) is 3. The van der Waals surface area contributed by atoms with E-state index in [1.165, 1.54) is 11.3 Å². The number of hydrogen-bond donors (Lipinski definition) is 1. The molecule has 0 bridgehead atoms. The molecule has 0 amide bonds. The second-order valence-electron chi connectivity index (χ2n) is 4.94. The van der Waals surface area contributed by atoms with E-state index in [0.717, 1.165) is 37.6 Å². The summed E-state index contributed by atoms with van der Waals surface area (Å²) in [6.07, 6.45) is 5.30. The molecule has 1 fully saturated rings. The van der Waals surface area contributed by atoms with Crippen molar-refractivity contribution >= 4 is 16.5 Å². The predicted octanol–water partition coefficient (Wildman–Crippen LogP) is 2.77. The van der Waals surface area contributed by atoms with Crippen LogP contribution in [0.5, 0.6) is 0 Å². The largest absolute Gasteiger partial charge is 0.349 e. The Balaban J connectivity index is 1.88. The average Bonchev–Trinajstić information content (AvgIpc) is 3.06. The molecule has 1 saturated carbocycles. The summed E-state index contributed by atoms with van der Waals surface area (Å²) in [7, 11) is 0. The van der Waals surface area contributed by atoms with Gasteiger partial charge < -0.3 is 10.2 Å². The topological polar surface area (TPSA) is 52.0 Å². The van der Waals surface area contributed by atoms with Gasteiger partial charge >= 0.3 is 0 Å². The van der Waals surface area contributed by atoms with E-state index in [1.807, 2.05) is 6.20 Å². The van der Waals surface area contributed by atoms with E-state index in [4.69, 9.17) is 5.26 Å². The van der Waals surface area contributed by atoms with Gasteiger partial charge in [0.2, 0.25) is 0 Å². The summed E-state index contributed by atoms with van der Waals surface area (Å²) in [5, 5.41) is 13.7. The van der Waals surface area contributed by atoms with Gasteiger partial charge in [0.05, 0.1) is 12.0 Å². The molecule has 19 heavy (non-hydrogen) atoms. The Hall–Kier alpha value is -1.12. The molecule has 1 heterocycles. The minimum Gasteiger partial charge on any atom is -0.349 e. The van der Waals surface area contributed by atoms with E-state index in [0.29, 0.717) is 6.04 Å². The van der Waals surface area contributed by atoms with Crippen LogP contribution in [0, 0.1) is 17.2 Å². The van der Waals surface area contributed by atoms with E-state index < -0.39 is 0 Å². The number of hydrogen-bond acceptors (Lipinski definition) is 5. The number of anilines is 1. The van der Waals surface area contributed by atoms with Gasteiger partial charge in [-0.3, -0.25) is 0 Å². The molecule has 1 N–H and O–H groups in total. The normalized spacial score (nSPS) is 22.4. The molecular formula is C14H22N4S. The van der Waals surface area contributed by atoms with E-state index in [-0.39, 0.29) is 5.92 Å². The van der Waals surface area contributed by atoms with Crippen molar-refractivity contribution in [3.05, 3.63) is 11.1 Å². The lowest BCUT2D eigenvalue weighted by Crippen LogP contribution is -2.30.